The second-order valence-electron chi connectivity index (χ2n) is 5.95. The number of benzene rings is 1. The lowest BCUT2D eigenvalue weighted by Crippen LogP contribution is -2.38. The van der Waals surface area contributed by atoms with Crippen LogP contribution in [0.3, 0.4) is 0 Å². The standard InChI is InChI=1S/C17H24N4/c1-21-13-19-17(20-21)11-12-18-16-10-6-5-9-15(16)14-7-3-2-4-8-14/h2-4,7-8,13,15-16,18H,5-6,9-12H2,1H3. The molecule has 0 radical (unpaired) electrons. The van der Waals surface area contributed by atoms with Crippen LogP contribution in [0.2, 0.25) is 0 Å². The number of hydrogen-bond acceptors (Lipinski definition) is 3. The molecule has 2 unspecified atom stereocenters. The highest BCUT2D eigenvalue weighted by Gasteiger charge is 2.25. The molecule has 0 spiro atoms. The zero-order valence-electron chi connectivity index (χ0n) is 12.7. The van der Waals surface area contributed by atoms with Crippen molar-refractivity contribution in [2.75, 3.05) is 6.54 Å². The van der Waals surface area contributed by atoms with Crippen LogP contribution in [0.15, 0.2) is 36.7 Å². The smallest absolute Gasteiger partial charge is 0.151 e. The first-order chi connectivity index (χ1) is 10.3. The van der Waals surface area contributed by atoms with Gasteiger partial charge >= 0.3 is 0 Å². The maximum Gasteiger partial charge on any atom is 0.151 e. The average Bonchev–Trinajstić information content (AvgIpc) is 2.94. The van der Waals surface area contributed by atoms with Gasteiger partial charge in [0, 0.05) is 26.1 Å². The second-order valence-corrected chi connectivity index (χ2v) is 5.95. The van der Waals surface area contributed by atoms with Crippen molar-refractivity contribution in [1.29, 1.82) is 0 Å². The molecule has 21 heavy (non-hydrogen) atoms. The summed E-state index contributed by atoms with van der Waals surface area (Å²) >= 11 is 0. The van der Waals surface area contributed by atoms with Crippen LogP contribution in [-0.4, -0.2) is 27.4 Å². The van der Waals surface area contributed by atoms with E-state index in [9.17, 15) is 0 Å². The summed E-state index contributed by atoms with van der Waals surface area (Å²) < 4.78 is 1.77. The predicted molar refractivity (Wildman–Crippen MR) is 84.1 cm³/mol. The highest BCUT2D eigenvalue weighted by Crippen LogP contribution is 2.32. The van der Waals surface area contributed by atoms with E-state index in [1.54, 1.807) is 11.0 Å². The zero-order chi connectivity index (χ0) is 14.5. The Morgan fingerprint density at radius 3 is 2.76 bits per heavy atom. The molecule has 1 heterocycles. The van der Waals surface area contributed by atoms with E-state index in [-0.39, 0.29) is 0 Å². The molecule has 112 valence electrons. The van der Waals surface area contributed by atoms with E-state index < -0.39 is 0 Å². The molecule has 1 N–H and O–H groups in total. The molecule has 0 aliphatic heterocycles. The van der Waals surface area contributed by atoms with Gasteiger partial charge in [-0.05, 0) is 24.3 Å². The van der Waals surface area contributed by atoms with E-state index in [2.05, 4.69) is 45.7 Å². The normalized spacial score (nSPS) is 22.3. The van der Waals surface area contributed by atoms with Crippen LogP contribution in [0, 0.1) is 0 Å². The summed E-state index contributed by atoms with van der Waals surface area (Å²) in [6, 6.07) is 11.5. The molecule has 1 aromatic carbocycles. The van der Waals surface area contributed by atoms with Gasteiger partial charge in [0.05, 0.1) is 0 Å². The molecule has 4 nitrogen and oxygen atoms in total. The van der Waals surface area contributed by atoms with Crippen molar-refractivity contribution in [3.63, 3.8) is 0 Å². The summed E-state index contributed by atoms with van der Waals surface area (Å²) in [6.45, 7) is 0.956. The van der Waals surface area contributed by atoms with Gasteiger partial charge in [-0.25, -0.2) is 4.98 Å². The molecule has 2 atom stereocenters. The van der Waals surface area contributed by atoms with Gasteiger partial charge < -0.3 is 5.32 Å². The summed E-state index contributed by atoms with van der Waals surface area (Å²) in [7, 11) is 1.91. The molecule has 0 amide bonds. The molecule has 1 aromatic heterocycles. The van der Waals surface area contributed by atoms with Crippen molar-refractivity contribution in [1.82, 2.24) is 20.1 Å². The Balaban J connectivity index is 1.57. The van der Waals surface area contributed by atoms with Gasteiger partial charge in [0.25, 0.3) is 0 Å². The summed E-state index contributed by atoms with van der Waals surface area (Å²) in [5, 5.41) is 8.07. The fourth-order valence-corrected chi connectivity index (χ4v) is 3.34. The Labute approximate surface area is 126 Å². The monoisotopic (exact) mass is 284 g/mol. The maximum absolute atomic E-state index is 4.34. The molecule has 2 aromatic rings. The summed E-state index contributed by atoms with van der Waals surface area (Å²) in [6.07, 6.45) is 7.92. The minimum absolute atomic E-state index is 0.588. The van der Waals surface area contributed by atoms with E-state index in [0.29, 0.717) is 12.0 Å². The number of rotatable bonds is 5. The first-order valence-corrected chi connectivity index (χ1v) is 7.96. The van der Waals surface area contributed by atoms with Crippen LogP contribution in [-0.2, 0) is 13.5 Å². The fourth-order valence-electron chi connectivity index (χ4n) is 3.34. The summed E-state index contributed by atoms with van der Waals surface area (Å²) in [5.74, 6) is 1.58. The van der Waals surface area contributed by atoms with Gasteiger partial charge in [0.2, 0.25) is 0 Å². The third kappa shape index (κ3) is 3.70. The van der Waals surface area contributed by atoms with Gasteiger partial charge in [0.1, 0.15) is 6.33 Å². The Bertz CT molecular complexity index is 549. The Morgan fingerprint density at radius 1 is 1.19 bits per heavy atom. The van der Waals surface area contributed by atoms with E-state index in [1.807, 2.05) is 7.05 Å². The van der Waals surface area contributed by atoms with Crippen molar-refractivity contribution in [3.05, 3.63) is 48.0 Å². The number of hydrogen-bond donors (Lipinski definition) is 1. The zero-order valence-corrected chi connectivity index (χ0v) is 12.7. The molecule has 0 saturated heterocycles. The molecule has 1 fully saturated rings. The maximum atomic E-state index is 4.34. The van der Waals surface area contributed by atoms with Crippen molar-refractivity contribution < 1.29 is 0 Å². The van der Waals surface area contributed by atoms with Crippen molar-refractivity contribution in [2.45, 2.75) is 44.1 Å². The van der Waals surface area contributed by atoms with Crippen LogP contribution in [0.25, 0.3) is 0 Å². The molecule has 3 rings (SSSR count). The van der Waals surface area contributed by atoms with Gasteiger partial charge in [-0.3, -0.25) is 4.68 Å². The average molecular weight is 284 g/mol. The Kier molecular flexibility index (Phi) is 4.65. The number of aryl methyl sites for hydroxylation is 1. The highest BCUT2D eigenvalue weighted by atomic mass is 15.3. The van der Waals surface area contributed by atoms with E-state index in [1.165, 1.54) is 31.2 Å². The third-order valence-electron chi connectivity index (χ3n) is 4.40. The van der Waals surface area contributed by atoms with Crippen LogP contribution >= 0.6 is 0 Å². The van der Waals surface area contributed by atoms with Gasteiger partial charge in [-0.2, -0.15) is 5.10 Å². The highest BCUT2D eigenvalue weighted by molar-refractivity contribution is 5.22. The Morgan fingerprint density at radius 2 is 2.00 bits per heavy atom. The largest absolute Gasteiger partial charge is 0.313 e. The van der Waals surface area contributed by atoms with Gasteiger partial charge in [-0.15, -0.1) is 0 Å². The van der Waals surface area contributed by atoms with Crippen LogP contribution in [0.1, 0.15) is 43.0 Å². The molecule has 1 aliphatic rings. The van der Waals surface area contributed by atoms with Crippen molar-refractivity contribution in [2.24, 2.45) is 7.05 Å². The minimum Gasteiger partial charge on any atom is -0.313 e. The van der Waals surface area contributed by atoms with Gasteiger partial charge in [-0.1, -0.05) is 43.2 Å². The van der Waals surface area contributed by atoms with Crippen LogP contribution in [0.4, 0.5) is 0 Å². The summed E-state index contributed by atoms with van der Waals surface area (Å²) in [5.41, 5.74) is 1.48. The van der Waals surface area contributed by atoms with E-state index in [0.717, 1.165) is 18.8 Å². The lowest BCUT2D eigenvalue weighted by Gasteiger charge is -2.32. The van der Waals surface area contributed by atoms with Crippen LogP contribution < -0.4 is 5.32 Å². The lowest BCUT2D eigenvalue weighted by molar-refractivity contribution is 0.328. The molecule has 1 saturated carbocycles. The molecular weight excluding hydrogens is 260 g/mol. The summed E-state index contributed by atoms with van der Waals surface area (Å²) in [4.78, 5) is 4.29. The minimum atomic E-state index is 0.588. The SMILES string of the molecule is Cn1cnc(CCNC2CCCCC2c2ccccc2)n1. The quantitative estimate of drug-likeness (QED) is 0.918. The van der Waals surface area contributed by atoms with Crippen LogP contribution in [0.5, 0.6) is 0 Å². The lowest BCUT2D eigenvalue weighted by atomic mass is 9.80. The Hall–Kier alpha value is -1.68. The van der Waals surface area contributed by atoms with Crippen molar-refractivity contribution in [3.8, 4) is 0 Å². The predicted octanol–water partition coefficient (Wildman–Crippen LogP) is 2.67. The number of nitrogens with one attached hydrogen (secondary N) is 1. The third-order valence-corrected chi connectivity index (χ3v) is 4.40. The first kappa shape index (κ1) is 14.3. The molecule has 4 heteroatoms. The van der Waals surface area contributed by atoms with Crippen molar-refractivity contribution >= 4 is 0 Å². The first-order valence-electron chi connectivity index (χ1n) is 7.96. The number of aromatic nitrogens is 3. The topological polar surface area (TPSA) is 42.7 Å². The molecular formula is C17H24N4. The van der Waals surface area contributed by atoms with Gasteiger partial charge in [0.15, 0.2) is 5.82 Å². The molecule has 0 bridgehead atoms. The number of nitrogens with zero attached hydrogens (tertiary/aromatic N) is 3. The van der Waals surface area contributed by atoms with E-state index >= 15 is 0 Å². The second kappa shape index (κ2) is 6.85. The fraction of sp³-hybridized carbons (Fsp3) is 0.529. The molecule has 1 aliphatic carbocycles. The van der Waals surface area contributed by atoms with E-state index in [4.69, 9.17) is 0 Å².